The van der Waals surface area contributed by atoms with Gasteiger partial charge in [-0.3, -0.25) is 28.3 Å². The van der Waals surface area contributed by atoms with Crippen LogP contribution in [0.25, 0.3) is 21.5 Å². The Kier molecular flexibility index (Phi) is 12.6. The van der Waals surface area contributed by atoms with E-state index in [1.54, 1.807) is 0 Å². The molecule has 0 aromatic heterocycles. The minimum atomic E-state index is -5.10. The number of nitrogens with two attached hydrogens (primary N) is 1. The Morgan fingerprint density at radius 1 is 0.456 bits per heavy atom. The van der Waals surface area contributed by atoms with Crippen molar-refractivity contribution in [1.29, 1.82) is 0 Å². The quantitative estimate of drug-likeness (QED) is 0.0186. The predicted octanol–water partition coefficient (Wildman–Crippen LogP) is 9.54. The van der Waals surface area contributed by atoms with E-state index < -0.39 is 111 Å². The number of nitrogen functional groups attached to an aromatic ring is 1. The number of nitrogens with zero attached hydrogens (tertiary/aromatic N) is 9. The molecule has 0 amide bonds. The highest BCUT2D eigenvalue weighted by Gasteiger charge is 2.25. The van der Waals surface area contributed by atoms with Crippen LogP contribution in [-0.4, -0.2) is 67.0 Å². The molecule has 0 atom stereocenters. The van der Waals surface area contributed by atoms with Crippen molar-refractivity contribution in [1.82, 2.24) is 0 Å². The summed E-state index contributed by atoms with van der Waals surface area (Å²) in [6.07, 6.45) is 0. The van der Waals surface area contributed by atoms with E-state index in [0.717, 1.165) is 48.5 Å². The molecule has 0 unspecified atom stereocenters. The van der Waals surface area contributed by atoms with Crippen LogP contribution >= 0.6 is 0 Å². The second kappa shape index (κ2) is 17.9. The van der Waals surface area contributed by atoms with Gasteiger partial charge >= 0.3 is 0 Å². The van der Waals surface area contributed by atoms with Crippen molar-refractivity contribution < 1.29 is 67.0 Å². The average molecular weight is 1010 g/mol. The van der Waals surface area contributed by atoms with Crippen molar-refractivity contribution in [3.8, 4) is 11.5 Å². The molecular formula is C38H26N10O16S4. The van der Waals surface area contributed by atoms with Gasteiger partial charge in [0, 0.05) is 22.9 Å². The number of azo groups is 4. The summed E-state index contributed by atoms with van der Waals surface area (Å²) < 4.78 is 135. The van der Waals surface area contributed by atoms with Crippen molar-refractivity contribution in [2.24, 2.45) is 40.9 Å². The Hall–Kier alpha value is -8.10. The number of non-ortho nitro benzene ring substituents is 1. The maximum Gasteiger partial charge on any atom is 0.297 e. The summed E-state index contributed by atoms with van der Waals surface area (Å²) in [5, 5.41) is 63.8. The van der Waals surface area contributed by atoms with Crippen molar-refractivity contribution in [2.75, 3.05) is 5.73 Å². The summed E-state index contributed by atoms with van der Waals surface area (Å²) in [7, 11) is -19.7. The van der Waals surface area contributed by atoms with Crippen molar-refractivity contribution in [2.45, 2.75) is 19.6 Å². The molecule has 0 aliphatic rings. The first-order valence-electron chi connectivity index (χ1n) is 18.2. The first-order valence-corrected chi connectivity index (χ1v) is 24.0. The molecule has 0 aliphatic heterocycles. The zero-order valence-corrected chi connectivity index (χ0v) is 36.7. The van der Waals surface area contributed by atoms with E-state index in [9.17, 15) is 67.7 Å². The summed E-state index contributed by atoms with van der Waals surface area (Å²) >= 11 is 0. The fraction of sp³-hybridized carbons (Fsp3) is 0. The van der Waals surface area contributed by atoms with Crippen molar-refractivity contribution in [3.63, 3.8) is 0 Å². The second-order valence-corrected chi connectivity index (χ2v) is 19.4. The van der Waals surface area contributed by atoms with Crippen LogP contribution in [0.4, 0.5) is 56.9 Å². The van der Waals surface area contributed by atoms with E-state index in [1.165, 1.54) is 54.6 Å². The van der Waals surface area contributed by atoms with Gasteiger partial charge < -0.3 is 15.9 Å². The monoisotopic (exact) mass is 1010 g/mol. The molecular weight excluding hydrogens is 981 g/mol. The second-order valence-electron chi connectivity index (χ2n) is 13.8. The molecule has 0 bridgehead atoms. The Balaban J connectivity index is 1.20. The van der Waals surface area contributed by atoms with Gasteiger partial charge in [0.15, 0.2) is 11.5 Å². The van der Waals surface area contributed by atoms with Crippen LogP contribution in [0, 0.1) is 10.1 Å². The molecule has 0 heterocycles. The number of nitro groups is 1. The Morgan fingerprint density at radius 2 is 0.941 bits per heavy atom. The molecule has 0 spiro atoms. The Bertz CT molecular complexity index is 3850. The van der Waals surface area contributed by atoms with Crippen molar-refractivity contribution in [3.05, 3.63) is 119 Å². The van der Waals surface area contributed by atoms with Gasteiger partial charge in [-0.1, -0.05) is 6.07 Å². The molecule has 8 N–H and O–H groups in total. The van der Waals surface area contributed by atoms with Crippen LogP contribution in [0.3, 0.4) is 0 Å². The molecule has 0 saturated heterocycles. The smallest absolute Gasteiger partial charge is 0.297 e. The molecule has 0 aliphatic carbocycles. The average Bonchev–Trinajstić information content (AvgIpc) is 3.26. The highest BCUT2D eigenvalue weighted by Crippen LogP contribution is 2.47. The topological polar surface area (TPSA) is 426 Å². The molecule has 0 fully saturated rings. The van der Waals surface area contributed by atoms with Gasteiger partial charge in [-0.2, -0.15) is 54.1 Å². The lowest BCUT2D eigenvalue weighted by Gasteiger charge is -2.12. The largest absolute Gasteiger partial charge is 0.505 e. The number of benzene rings is 7. The van der Waals surface area contributed by atoms with Crippen LogP contribution in [0.1, 0.15) is 0 Å². The Labute approximate surface area is 381 Å². The highest BCUT2D eigenvalue weighted by atomic mass is 32.2. The van der Waals surface area contributed by atoms with Gasteiger partial charge in [0.25, 0.3) is 46.2 Å². The third-order valence-corrected chi connectivity index (χ3v) is 12.8. The van der Waals surface area contributed by atoms with Crippen LogP contribution in [0.5, 0.6) is 11.5 Å². The van der Waals surface area contributed by atoms with E-state index in [0.29, 0.717) is 11.8 Å². The fourth-order valence-corrected chi connectivity index (χ4v) is 8.65. The van der Waals surface area contributed by atoms with E-state index in [-0.39, 0.29) is 38.1 Å². The normalized spacial score (nSPS) is 12.9. The first-order chi connectivity index (χ1) is 31.8. The van der Waals surface area contributed by atoms with Gasteiger partial charge in [-0.15, -0.1) is 20.5 Å². The number of anilines is 1. The molecule has 26 nitrogen and oxygen atoms in total. The standard InChI is InChI=1S/C38H26N10O16S4/c39-35-30(18-31(66(56,57)58)27-12-14-29(38(50)34(27)35)45-44-28-13-8-24(48(51)52)17-32(28)67(59,60)61)46-43-23-7-11-26-19(15-23)16-33(68(62,63)64)36(37(26)49)47-42-21-3-1-20(2-4-21)40-41-22-5-9-25(10-6-22)65(53,54)55/h1-18,49-50H,39H2,(H,53,54,55)(H,56,57,58)(H,59,60,61)(H,62,63,64). The van der Waals surface area contributed by atoms with Gasteiger partial charge in [0.2, 0.25) is 0 Å². The van der Waals surface area contributed by atoms with Crippen LogP contribution in [0.15, 0.2) is 170 Å². The van der Waals surface area contributed by atoms with Crippen molar-refractivity contribution >= 4 is 119 Å². The third kappa shape index (κ3) is 10.3. The third-order valence-electron chi connectivity index (χ3n) is 9.33. The highest BCUT2D eigenvalue weighted by molar-refractivity contribution is 7.86. The first kappa shape index (κ1) is 47.9. The molecule has 30 heteroatoms. The van der Waals surface area contributed by atoms with Crippen LogP contribution in [0.2, 0.25) is 0 Å². The molecule has 7 aromatic rings. The minimum Gasteiger partial charge on any atom is -0.505 e. The lowest BCUT2D eigenvalue weighted by molar-refractivity contribution is -0.385. The van der Waals surface area contributed by atoms with E-state index in [1.807, 2.05) is 0 Å². The van der Waals surface area contributed by atoms with Gasteiger partial charge in [-0.25, -0.2) is 0 Å². The number of hydrogen-bond acceptors (Lipinski definition) is 21. The Morgan fingerprint density at radius 3 is 1.50 bits per heavy atom. The summed E-state index contributed by atoms with van der Waals surface area (Å²) in [5.41, 5.74) is 3.55. The molecule has 7 rings (SSSR count). The fourth-order valence-electron chi connectivity index (χ4n) is 6.16. The molecule has 7 aromatic carbocycles. The summed E-state index contributed by atoms with van der Waals surface area (Å²) in [6.45, 7) is 0. The van der Waals surface area contributed by atoms with E-state index >= 15 is 0 Å². The number of phenolic OH excluding ortho intramolecular Hbond substituents is 2. The van der Waals surface area contributed by atoms with Gasteiger partial charge in [0.1, 0.15) is 37.4 Å². The van der Waals surface area contributed by atoms with E-state index in [4.69, 9.17) is 10.3 Å². The minimum absolute atomic E-state index is 0.0198. The van der Waals surface area contributed by atoms with Gasteiger partial charge in [-0.05, 0) is 96.4 Å². The number of aromatic hydroxyl groups is 2. The SMILES string of the molecule is Nc1c(N=Nc2ccc3c(O)c(N=Nc4ccc(N=Nc5ccc(S(=O)(=O)O)cc5)cc4)c(S(=O)(=O)O)cc3c2)cc(S(=O)(=O)O)c2ccc(N=Nc3ccc([N+](=O)[O-])cc3S(=O)(=O)O)c(O)c12. The van der Waals surface area contributed by atoms with Crippen LogP contribution in [-0.2, 0) is 40.5 Å². The molecule has 68 heavy (non-hydrogen) atoms. The zero-order chi connectivity index (χ0) is 49.5. The van der Waals surface area contributed by atoms with E-state index in [2.05, 4.69) is 40.9 Å². The maximum absolute atomic E-state index is 12.5. The summed E-state index contributed by atoms with van der Waals surface area (Å²) in [4.78, 5) is 7.18. The predicted molar refractivity (Wildman–Crippen MR) is 238 cm³/mol. The molecule has 348 valence electrons. The number of nitro benzene ring substituents is 1. The summed E-state index contributed by atoms with van der Waals surface area (Å²) in [5.74, 6) is -1.62. The number of hydrogen-bond donors (Lipinski definition) is 7. The van der Waals surface area contributed by atoms with Gasteiger partial charge in [0.05, 0.1) is 43.6 Å². The zero-order valence-electron chi connectivity index (χ0n) is 33.4. The molecule has 0 radical (unpaired) electrons. The number of fused-ring (bicyclic) bond motifs is 2. The maximum atomic E-state index is 12.5. The number of phenols is 2. The van der Waals surface area contributed by atoms with Crippen LogP contribution < -0.4 is 5.73 Å². The molecule has 0 saturated carbocycles. The summed E-state index contributed by atoms with van der Waals surface area (Å²) in [6, 6.07) is 20.3. The lowest BCUT2D eigenvalue weighted by Crippen LogP contribution is -2.01. The number of rotatable bonds is 13. The lowest BCUT2D eigenvalue weighted by atomic mass is 10.1.